The first-order chi connectivity index (χ1) is 52.1. The fraction of sp³-hybridized carbons (Fsp3) is 0.160. The van der Waals surface area contributed by atoms with E-state index in [-0.39, 0.29) is 0 Å². The number of nitrogens with zero attached hydrogens (tertiary/aromatic N) is 6. The van der Waals surface area contributed by atoms with Crippen LogP contribution in [0.25, 0.3) is 103 Å². The van der Waals surface area contributed by atoms with Crippen molar-refractivity contribution in [3.8, 4) is 22.3 Å². The molecule has 14 aromatic rings. The third kappa shape index (κ3) is 16.0. The summed E-state index contributed by atoms with van der Waals surface area (Å²) in [5, 5.41) is 7.54. The van der Waals surface area contributed by atoms with E-state index < -0.39 is 0 Å². The molecular weight excluding hydrogens is 1290 g/mol. The first kappa shape index (κ1) is 70.9. The molecule has 0 unspecified atom stereocenters. The molecule has 0 aliphatic rings. The van der Waals surface area contributed by atoms with E-state index in [4.69, 9.17) is 0 Å². The Balaban J connectivity index is 0.721. The summed E-state index contributed by atoms with van der Waals surface area (Å²) < 4.78 is 0. The molecule has 0 fully saturated rings. The van der Waals surface area contributed by atoms with Gasteiger partial charge in [-0.3, -0.25) is 0 Å². The van der Waals surface area contributed by atoms with Crippen LogP contribution in [-0.2, 0) is 0 Å². The van der Waals surface area contributed by atoms with Crippen molar-refractivity contribution in [1.82, 2.24) is 0 Å². The lowest BCUT2D eigenvalue weighted by atomic mass is 9.89. The highest BCUT2D eigenvalue weighted by Crippen LogP contribution is 2.43. The summed E-state index contributed by atoms with van der Waals surface area (Å²) in [6, 6.07) is 108. The van der Waals surface area contributed by atoms with Gasteiger partial charge in [-0.05, 0) is 300 Å². The fourth-order valence-corrected chi connectivity index (χ4v) is 14.9. The van der Waals surface area contributed by atoms with Crippen molar-refractivity contribution in [2.45, 2.75) is 55.4 Å². The Morgan fingerprint density at radius 3 is 0.481 bits per heavy atom. The Morgan fingerprint density at radius 1 is 0.170 bits per heavy atom. The molecule has 0 bridgehead atoms. The van der Waals surface area contributed by atoms with Crippen LogP contribution >= 0.6 is 0 Å². The average molecular weight is 1380 g/mol. The molecule has 0 saturated carbocycles. The van der Waals surface area contributed by atoms with E-state index in [1.165, 1.54) is 99.6 Å². The molecular formula is C100H96N6. The van der Waals surface area contributed by atoms with Crippen molar-refractivity contribution in [1.29, 1.82) is 0 Å². The minimum Gasteiger partial charge on any atom is -0.372 e. The highest BCUT2D eigenvalue weighted by molar-refractivity contribution is 6.24. The Kier molecular flexibility index (Phi) is 22.1. The highest BCUT2D eigenvalue weighted by atomic mass is 15.2. The van der Waals surface area contributed by atoms with Gasteiger partial charge in [-0.1, -0.05) is 194 Å². The Morgan fingerprint density at radius 2 is 0.321 bits per heavy atom. The molecule has 0 amide bonds. The average Bonchev–Trinajstić information content (AvgIpc) is 0.736. The van der Waals surface area contributed by atoms with Gasteiger partial charge >= 0.3 is 0 Å². The molecule has 526 valence electrons. The van der Waals surface area contributed by atoms with Gasteiger partial charge < -0.3 is 29.4 Å². The predicted molar refractivity (Wildman–Crippen MR) is 466 cm³/mol. The zero-order valence-electron chi connectivity index (χ0n) is 62.7. The number of rotatable bonds is 28. The van der Waals surface area contributed by atoms with Gasteiger partial charge in [0.25, 0.3) is 0 Å². The molecule has 0 saturated heterocycles. The van der Waals surface area contributed by atoms with Gasteiger partial charge in [-0.15, -0.1) is 0 Å². The topological polar surface area (TPSA) is 19.4 Å². The van der Waals surface area contributed by atoms with Gasteiger partial charge in [0, 0.05) is 109 Å². The summed E-state index contributed by atoms with van der Waals surface area (Å²) in [5.41, 5.74) is 25.6. The van der Waals surface area contributed by atoms with E-state index >= 15 is 0 Å². The van der Waals surface area contributed by atoms with Crippen LogP contribution in [0.1, 0.15) is 99.9 Å². The molecule has 0 spiro atoms. The lowest BCUT2D eigenvalue weighted by molar-refractivity contribution is 0.866. The number of anilines is 10. The number of benzene rings is 14. The Labute approximate surface area is 629 Å². The first-order valence-electron chi connectivity index (χ1n) is 38.2. The molecule has 0 aliphatic carbocycles. The van der Waals surface area contributed by atoms with Gasteiger partial charge in [-0.2, -0.15) is 0 Å². The van der Waals surface area contributed by atoms with Crippen molar-refractivity contribution < 1.29 is 0 Å². The molecule has 14 rings (SSSR count). The molecule has 0 radical (unpaired) electrons. The van der Waals surface area contributed by atoms with Crippen molar-refractivity contribution in [2.75, 3.05) is 81.8 Å². The van der Waals surface area contributed by atoms with E-state index in [1.54, 1.807) is 0 Å². The number of hydrogen-bond acceptors (Lipinski definition) is 6. The molecule has 0 aliphatic heterocycles. The SMILES string of the molecule is CCN(CC)c1ccc(/C=C/c2ccc(N(c3ccc(/C=C/c4ccc(N(CC)CC)cc4)cc3)c3ccc(-c4cc5ccc6cc(-c7ccc(N(c8ccc(/C=C/c9ccc(N(CC)CC)cc9)cc8)c8ccc(/C=C/c9ccc(N(CC)CC)cc9)cc8)cc7)cc7ccc(c4)c5c67)cc3)cc2)cc1. The zero-order valence-corrected chi connectivity index (χ0v) is 62.7. The second-order valence-electron chi connectivity index (χ2n) is 27.2. The van der Waals surface area contributed by atoms with E-state index in [0.29, 0.717) is 0 Å². The van der Waals surface area contributed by atoms with Crippen LogP contribution in [0.5, 0.6) is 0 Å². The van der Waals surface area contributed by atoms with E-state index in [0.717, 1.165) is 109 Å². The van der Waals surface area contributed by atoms with Gasteiger partial charge in [-0.25, -0.2) is 0 Å². The van der Waals surface area contributed by atoms with Crippen LogP contribution in [0.3, 0.4) is 0 Å². The first-order valence-corrected chi connectivity index (χ1v) is 38.2. The predicted octanol–water partition coefficient (Wildman–Crippen LogP) is 26.9. The van der Waals surface area contributed by atoms with Crippen molar-refractivity contribution in [3.63, 3.8) is 0 Å². The summed E-state index contributed by atoms with van der Waals surface area (Å²) in [6.07, 6.45) is 17.6. The van der Waals surface area contributed by atoms with Gasteiger partial charge in [0.15, 0.2) is 0 Å². The maximum Gasteiger partial charge on any atom is 0.0462 e. The van der Waals surface area contributed by atoms with Crippen LogP contribution in [-0.4, -0.2) is 52.4 Å². The summed E-state index contributed by atoms with van der Waals surface area (Å²) in [4.78, 5) is 14.2. The van der Waals surface area contributed by atoms with Gasteiger partial charge in [0.2, 0.25) is 0 Å². The summed E-state index contributed by atoms with van der Waals surface area (Å²) >= 11 is 0. The molecule has 6 heteroatoms. The van der Waals surface area contributed by atoms with E-state index in [2.05, 4.69) is 425 Å². The Bertz CT molecular complexity index is 4690. The zero-order chi connectivity index (χ0) is 72.9. The summed E-state index contributed by atoms with van der Waals surface area (Å²) in [5.74, 6) is 0. The quantitative estimate of drug-likeness (QED) is 0.0357. The molecule has 6 nitrogen and oxygen atoms in total. The molecule has 106 heavy (non-hydrogen) atoms. The van der Waals surface area contributed by atoms with Crippen LogP contribution in [0.15, 0.2) is 291 Å². The highest BCUT2D eigenvalue weighted by Gasteiger charge is 2.18. The maximum atomic E-state index is 2.38. The molecule has 0 N–H and O–H groups in total. The minimum atomic E-state index is 0.994. The summed E-state index contributed by atoms with van der Waals surface area (Å²) in [7, 11) is 0. The lowest BCUT2D eigenvalue weighted by Gasteiger charge is -2.26. The van der Waals surface area contributed by atoms with Crippen molar-refractivity contribution in [2.24, 2.45) is 0 Å². The maximum absolute atomic E-state index is 2.38. The van der Waals surface area contributed by atoms with Crippen LogP contribution in [0.2, 0.25) is 0 Å². The van der Waals surface area contributed by atoms with Crippen molar-refractivity contribution >= 4 is 138 Å². The summed E-state index contributed by atoms with van der Waals surface area (Å²) in [6.45, 7) is 25.6. The van der Waals surface area contributed by atoms with Crippen LogP contribution in [0, 0.1) is 0 Å². The van der Waals surface area contributed by atoms with E-state index in [1.807, 2.05) is 0 Å². The fourth-order valence-electron chi connectivity index (χ4n) is 14.9. The second kappa shape index (κ2) is 33.1. The number of hydrogen-bond donors (Lipinski definition) is 0. The normalized spacial score (nSPS) is 11.7. The monoisotopic (exact) mass is 1380 g/mol. The van der Waals surface area contributed by atoms with Crippen molar-refractivity contribution in [3.05, 3.63) is 336 Å². The minimum absolute atomic E-state index is 0.994. The smallest absolute Gasteiger partial charge is 0.0462 e. The second-order valence-corrected chi connectivity index (χ2v) is 27.2. The molecule has 0 atom stereocenters. The third-order valence-corrected chi connectivity index (χ3v) is 21.0. The third-order valence-electron chi connectivity index (χ3n) is 21.0. The van der Waals surface area contributed by atoms with Gasteiger partial charge in [0.1, 0.15) is 0 Å². The largest absolute Gasteiger partial charge is 0.372 e. The molecule has 14 aromatic carbocycles. The van der Waals surface area contributed by atoms with Crippen LogP contribution in [0.4, 0.5) is 56.9 Å². The van der Waals surface area contributed by atoms with Gasteiger partial charge in [0.05, 0.1) is 0 Å². The Hall–Kier alpha value is -12.1. The molecule has 0 aromatic heterocycles. The lowest BCUT2D eigenvalue weighted by Crippen LogP contribution is -2.21. The standard InChI is InChI=1S/C100H96N6/c1-9-101(10-2)89-49-25-73(26-50-89)17-21-77-33-57-93(58-34-77)105(94-59-35-78(36-60-94)22-18-74-27-51-90(52-28-74)102(11-3)12-4)97-65-45-81(46-66-97)87-69-83-41-43-85-71-88(72-86-44-42-84(70-87)99(83)100(85)86)82-47-67-98(68-48-82)106(95-61-37-79(38-62-95)23-19-75-29-53-91(54-30-75)103(13-5)14-6)96-63-39-80(40-64-96)24-20-76-31-55-92(56-32-76)104(15-7)16-8/h17-72H,9-16H2,1-8H3/b21-17+,22-18+,23-19+,24-20+. The van der Waals surface area contributed by atoms with Crippen LogP contribution < -0.4 is 29.4 Å². The van der Waals surface area contributed by atoms with E-state index in [9.17, 15) is 0 Å². The molecule has 0 heterocycles.